The van der Waals surface area contributed by atoms with Crippen molar-refractivity contribution in [3.8, 4) is 0 Å². The average Bonchev–Trinajstić information content (AvgIpc) is 2.34. The molecule has 0 aromatic carbocycles. The van der Waals surface area contributed by atoms with Gasteiger partial charge in [0.2, 0.25) is 0 Å². The summed E-state index contributed by atoms with van der Waals surface area (Å²) < 4.78 is 22.2. The molecular formula is C9H17N5O2S2. The van der Waals surface area contributed by atoms with Gasteiger partial charge in [-0.3, -0.25) is 0 Å². The van der Waals surface area contributed by atoms with Gasteiger partial charge in [0.25, 0.3) is 0 Å². The predicted octanol–water partition coefficient (Wildman–Crippen LogP) is -0.0351. The smallest absolute Gasteiger partial charge is 0.191 e. The molecule has 0 saturated carbocycles. The zero-order chi connectivity index (χ0) is 13.8. The first-order chi connectivity index (χ1) is 8.35. The first-order valence-electron chi connectivity index (χ1n) is 5.14. The summed E-state index contributed by atoms with van der Waals surface area (Å²) in [5.74, 6) is 6.52. The van der Waals surface area contributed by atoms with Gasteiger partial charge in [0.15, 0.2) is 5.16 Å². The van der Waals surface area contributed by atoms with Gasteiger partial charge < -0.3 is 10.3 Å². The van der Waals surface area contributed by atoms with Crippen molar-refractivity contribution < 1.29 is 8.42 Å². The number of nitrogens with zero attached hydrogens (tertiary/aromatic N) is 3. The Labute approximate surface area is 111 Å². The van der Waals surface area contributed by atoms with Gasteiger partial charge in [0.05, 0.1) is 5.75 Å². The quantitative estimate of drug-likeness (QED) is 0.326. The molecule has 0 radical (unpaired) electrons. The van der Waals surface area contributed by atoms with E-state index >= 15 is 0 Å². The summed E-state index contributed by atoms with van der Waals surface area (Å²) in [7, 11) is -1.21. The SMILES string of the molecule is CSc1nc(NN)cc(N(C)CCS(C)(=O)=O)n1. The number of anilines is 2. The van der Waals surface area contributed by atoms with Crippen LogP contribution in [-0.4, -0.2) is 50.2 Å². The van der Waals surface area contributed by atoms with Crippen molar-refractivity contribution in [1.29, 1.82) is 0 Å². The van der Waals surface area contributed by atoms with E-state index < -0.39 is 9.84 Å². The Morgan fingerprint density at radius 1 is 1.50 bits per heavy atom. The molecule has 0 bridgehead atoms. The molecule has 0 amide bonds. The van der Waals surface area contributed by atoms with Crippen LogP contribution in [0.25, 0.3) is 0 Å². The van der Waals surface area contributed by atoms with E-state index in [1.165, 1.54) is 18.0 Å². The van der Waals surface area contributed by atoms with Gasteiger partial charge in [0, 0.05) is 25.9 Å². The molecule has 0 unspecified atom stereocenters. The van der Waals surface area contributed by atoms with Crippen LogP contribution in [0.3, 0.4) is 0 Å². The van der Waals surface area contributed by atoms with E-state index in [1.54, 1.807) is 18.0 Å². The molecule has 0 atom stereocenters. The maximum Gasteiger partial charge on any atom is 0.191 e. The third-order valence-electron chi connectivity index (χ3n) is 2.21. The van der Waals surface area contributed by atoms with Crippen molar-refractivity contribution in [3.05, 3.63) is 6.07 Å². The number of aromatic nitrogens is 2. The maximum absolute atomic E-state index is 11.1. The molecule has 1 aromatic heterocycles. The molecule has 0 aliphatic carbocycles. The number of hydrogen-bond acceptors (Lipinski definition) is 8. The number of rotatable bonds is 6. The topological polar surface area (TPSA) is 101 Å². The van der Waals surface area contributed by atoms with E-state index in [1.807, 2.05) is 6.26 Å². The van der Waals surface area contributed by atoms with E-state index in [-0.39, 0.29) is 5.75 Å². The summed E-state index contributed by atoms with van der Waals surface area (Å²) in [6.45, 7) is 0.369. The first kappa shape index (κ1) is 15.0. The fourth-order valence-corrected chi connectivity index (χ4v) is 2.17. The van der Waals surface area contributed by atoms with Crippen LogP contribution in [0, 0.1) is 0 Å². The van der Waals surface area contributed by atoms with Crippen molar-refractivity contribution in [2.75, 3.05) is 42.2 Å². The molecule has 3 N–H and O–H groups in total. The van der Waals surface area contributed by atoms with Gasteiger partial charge in [-0.2, -0.15) is 0 Å². The molecule has 0 saturated heterocycles. The molecule has 1 heterocycles. The molecule has 9 heteroatoms. The van der Waals surface area contributed by atoms with Crippen molar-refractivity contribution in [2.24, 2.45) is 5.84 Å². The lowest BCUT2D eigenvalue weighted by Crippen LogP contribution is -2.26. The van der Waals surface area contributed by atoms with E-state index in [2.05, 4.69) is 15.4 Å². The molecule has 1 aromatic rings. The number of nitrogens with two attached hydrogens (primary N) is 1. The van der Waals surface area contributed by atoms with Gasteiger partial charge in [0.1, 0.15) is 21.5 Å². The molecule has 0 aliphatic rings. The molecule has 0 fully saturated rings. The van der Waals surface area contributed by atoms with Crippen LogP contribution in [0.5, 0.6) is 0 Å². The van der Waals surface area contributed by atoms with E-state index in [9.17, 15) is 8.42 Å². The lowest BCUT2D eigenvalue weighted by Gasteiger charge is -2.18. The van der Waals surface area contributed by atoms with Gasteiger partial charge in [-0.15, -0.1) is 0 Å². The number of nitrogens with one attached hydrogen (secondary N) is 1. The summed E-state index contributed by atoms with van der Waals surface area (Å²) in [4.78, 5) is 10.2. The Hall–Kier alpha value is -1.06. The highest BCUT2D eigenvalue weighted by Gasteiger charge is 2.10. The number of nitrogen functional groups attached to an aromatic ring is 1. The summed E-state index contributed by atoms with van der Waals surface area (Å²) in [5, 5.41) is 0.576. The van der Waals surface area contributed by atoms with Crippen LogP contribution < -0.4 is 16.2 Å². The second-order valence-electron chi connectivity index (χ2n) is 3.79. The van der Waals surface area contributed by atoms with Crippen LogP contribution in [0.1, 0.15) is 0 Å². The minimum Gasteiger partial charge on any atom is -0.358 e. The molecule has 0 aliphatic heterocycles. The van der Waals surface area contributed by atoms with Gasteiger partial charge in [-0.1, -0.05) is 11.8 Å². The lowest BCUT2D eigenvalue weighted by atomic mass is 10.5. The van der Waals surface area contributed by atoms with Crippen molar-refractivity contribution in [1.82, 2.24) is 9.97 Å². The van der Waals surface area contributed by atoms with Gasteiger partial charge in [-0.05, 0) is 6.26 Å². The largest absolute Gasteiger partial charge is 0.358 e. The van der Waals surface area contributed by atoms with Crippen LogP contribution in [0.4, 0.5) is 11.6 Å². The minimum absolute atomic E-state index is 0.0769. The van der Waals surface area contributed by atoms with Crippen molar-refractivity contribution in [2.45, 2.75) is 5.16 Å². The first-order valence-corrected chi connectivity index (χ1v) is 8.43. The van der Waals surface area contributed by atoms with Gasteiger partial charge in [-0.25, -0.2) is 24.2 Å². The molecule has 102 valence electrons. The number of sulfone groups is 1. The molecule has 1 rings (SSSR count). The fraction of sp³-hybridized carbons (Fsp3) is 0.556. The average molecular weight is 291 g/mol. The highest BCUT2D eigenvalue weighted by molar-refractivity contribution is 7.98. The van der Waals surface area contributed by atoms with Crippen molar-refractivity contribution >= 4 is 33.2 Å². The van der Waals surface area contributed by atoms with E-state index in [4.69, 9.17) is 5.84 Å². The Morgan fingerprint density at radius 2 is 2.17 bits per heavy atom. The highest BCUT2D eigenvalue weighted by atomic mass is 32.2. The Morgan fingerprint density at radius 3 is 2.67 bits per heavy atom. The minimum atomic E-state index is -2.99. The number of hydrogen-bond donors (Lipinski definition) is 2. The number of hydrazine groups is 1. The van der Waals surface area contributed by atoms with Crippen LogP contribution in [-0.2, 0) is 9.84 Å². The zero-order valence-corrected chi connectivity index (χ0v) is 12.2. The van der Waals surface area contributed by atoms with Crippen LogP contribution in [0.15, 0.2) is 11.2 Å². The van der Waals surface area contributed by atoms with Crippen molar-refractivity contribution in [3.63, 3.8) is 0 Å². The molecular weight excluding hydrogens is 274 g/mol. The summed E-state index contributed by atoms with van der Waals surface area (Å²) in [5.41, 5.74) is 2.46. The van der Waals surface area contributed by atoms with Crippen LogP contribution >= 0.6 is 11.8 Å². The normalized spacial score (nSPS) is 11.3. The second kappa shape index (κ2) is 6.21. The maximum atomic E-state index is 11.1. The third kappa shape index (κ3) is 4.67. The van der Waals surface area contributed by atoms with Gasteiger partial charge >= 0.3 is 0 Å². The summed E-state index contributed by atoms with van der Waals surface area (Å²) in [6.07, 6.45) is 3.07. The molecule has 0 spiro atoms. The summed E-state index contributed by atoms with van der Waals surface area (Å²) in [6, 6.07) is 1.67. The number of thioether (sulfide) groups is 1. The van der Waals surface area contributed by atoms with E-state index in [0.717, 1.165) is 0 Å². The third-order valence-corrected chi connectivity index (χ3v) is 3.68. The zero-order valence-electron chi connectivity index (χ0n) is 10.5. The Balaban J connectivity index is 2.87. The highest BCUT2D eigenvalue weighted by Crippen LogP contribution is 2.18. The van der Waals surface area contributed by atoms with E-state index in [0.29, 0.717) is 23.3 Å². The second-order valence-corrected chi connectivity index (χ2v) is 6.83. The summed E-state index contributed by atoms with van der Waals surface area (Å²) >= 11 is 1.39. The monoisotopic (exact) mass is 291 g/mol. The molecule has 18 heavy (non-hydrogen) atoms. The fourth-order valence-electron chi connectivity index (χ4n) is 1.19. The Kier molecular flexibility index (Phi) is 5.17. The molecule has 7 nitrogen and oxygen atoms in total. The Bertz CT molecular complexity index is 483. The van der Waals surface area contributed by atoms with Crippen LogP contribution in [0.2, 0.25) is 0 Å². The lowest BCUT2D eigenvalue weighted by molar-refractivity contribution is 0.601. The standard InChI is InChI=1S/C9H17N5O2S2/c1-14(4-5-18(3,15)16)8-6-7(13-10)11-9(12-8)17-2/h6H,4-5,10H2,1-3H3,(H,11,12,13). The predicted molar refractivity (Wildman–Crippen MR) is 74.6 cm³/mol.